The summed E-state index contributed by atoms with van der Waals surface area (Å²) in [5, 5.41) is 6.81. The molecule has 0 saturated carbocycles. The highest BCUT2D eigenvalue weighted by atomic mass is 35.5. The Morgan fingerprint density at radius 2 is 1.96 bits per heavy atom. The van der Waals surface area contributed by atoms with Crippen LogP contribution in [0, 0.1) is 5.92 Å². The lowest BCUT2D eigenvalue weighted by Crippen LogP contribution is -2.45. The van der Waals surface area contributed by atoms with Crippen molar-refractivity contribution in [3.8, 4) is 0 Å². The van der Waals surface area contributed by atoms with Crippen LogP contribution < -0.4 is 15.5 Å². The minimum atomic E-state index is -0.0420. The Morgan fingerprint density at radius 1 is 1.15 bits per heavy atom. The molecule has 0 aliphatic carbocycles. The molecule has 2 saturated heterocycles. The first-order valence-electron chi connectivity index (χ1n) is 9.88. The summed E-state index contributed by atoms with van der Waals surface area (Å²) in [5.74, 6) is 0.499. The average Bonchev–Trinajstić information content (AvgIpc) is 3.11. The number of benzene rings is 1. The van der Waals surface area contributed by atoms with Gasteiger partial charge in [-0.2, -0.15) is 0 Å². The molecule has 2 aliphatic rings. The minimum absolute atomic E-state index is 0.0420. The number of piperidine rings is 1. The fraction of sp³-hybridized carbons (Fsp3) is 0.650. The number of amides is 2. The molecule has 2 aliphatic heterocycles. The van der Waals surface area contributed by atoms with E-state index in [1.54, 1.807) is 0 Å². The molecule has 144 valence electrons. The summed E-state index contributed by atoms with van der Waals surface area (Å²) in [4.78, 5) is 16.9. The molecule has 1 aromatic rings. The van der Waals surface area contributed by atoms with Gasteiger partial charge in [0.1, 0.15) is 0 Å². The van der Waals surface area contributed by atoms with E-state index < -0.39 is 0 Å². The molecule has 6 heteroatoms. The highest BCUT2D eigenvalue weighted by Gasteiger charge is 2.23. The van der Waals surface area contributed by atoms with E-state index in [9.17, 15) is 4.79 Å². The zero-order valence-corrected chi connectivity index (χ0v) is 16.5. The molecule has 0 bridgehead atoms. The number of carbonyl (C=O) groups excluding carboxylic acids is 1. The molecule has 0 spiro atoms. The normalized spacial score (nSPS) is 23.8. The van der Waals surface area contributed by atoms with Crippen LogP contribution in [0.1, 0.15) is 32.6 Å². The van der Waals surface area contributed by atoms with Gasteiger partial charge in [-0.25, -0.2) is 4.79 Å². The number of rotatable bonds is 6. The van der Waals surface area contributed by atoms with Crippen molar-refractivity contribution in [2.75, 3.05) is 44.2 Å². The van der Waals surface area contributed by atoms with Crippen molar-refractivity contribution < 1.29 is 4.79 Å². The average molecular weight is 379 g/mol. The molecule has 2 atom stereocenters. The number of halogens is 1. The molecule has 26 heavy (non-hydrogen) atoms. The van der Waals surface area contributed by atoms with E-state index in [2.05, 4.69) is 39.5 Å². The van der Waals surface area contributed by atoms with Crippen LogP contribution in [0.5, 0.6) is 0 Å². The van der Waals surface area contributed by atoms with Crippen molar-refractivity contribution >= 4 is 23.3 Å². The van der Waals surface area contributed by atoms with E-state index >= 15 is 0 Å². The highest BCUT2D eigenvalue weighted by Crippen LogP contribution is 2.24. The molecule has 1 aromatic carbocycles. The van der Waals surface area contributed by atoms with E-state index in [1.807, 2.05) is 12.1 Å². The topological polar surface area (TPSA) is 47.6 Å². The molecular weight excluding hydrogens is 348 g/mol. The van der Waals surface area contributed by atoms with Gasteiger partial charge >= 0.3 is 6.03 Å². The third-order valence-electron chi connectivity index (χ3n) is 5.65. The zero-order chi connectivity index (χ0) is 18.4. The van der Waals surface area contributed by atoms with Gasteiger partial charge in [-0.05, 0) is 62.9 Å². The van der Waals surface area contributed by atoms with Gasteiger partial charge in [-0.1, -0.05) is 18.0 Å². The SMILES string of the molecule is CC1CCCCN1CCNC(=O)NCC1CCN(c2ccc(Cl)cc2)C1. The molecule has 3 rings (SSSR count). The molecule has 2 fully saturated rings. The van der Waals surface area contributed by atoms with E-state index in [1.165, 1.54) is 24.9 Å². The first-order valence-corrected chi connectivity index (χ1v) is 10.3. The Bertz CT molecular complexity index is 580. The van der Waals surface area contributed by atoms with Crippen molar-refractivity contribution in [1.82, 2.24) is 15.5 Å². The van der Waals surface area contributed by atoms with Crippen LogP contribution >= 0.6 is 11.6 Å². The number of hydrogen-bond acceptors (Lipinski definition) is 3. The predicted octanol–water partition coefficient (Wildman–Crippen LogP) is 3.34. The smallest absolute Gasteiger partial charge is 0.314 e. The Balaban J connectivity index is 1.31. The number of anilines is 1. The summed E-state index contributed by atoms with van der Waals surface area (Å²) in [5.41, 5.74) is 1.21. The Morgan fingerprint density at radius 3 is 2.73 bits per heavy atom. The summed E-state index contributed by atoms with van der Waals surface area (Å²) in [6, 6.07) is 8.59. The van der Waals surface area contributed by atoms with Gasteiger partial charge in [-0.3, -0.25) is 4.90 Å². The maximum absolute atomic E-state index is 12.0. The van der Waals surface area contributed by atoms with Gasteiger partial charge in [0.05, 0.1) is 0 Å². The summed E-state index contributed by atoms with van der Waals surface area (Å²) in [6.45, 7) is 7.85. The third-order valence-corrected chi connectivity index (χ3v) is 5.91. The van der Waals surface area contributed by atoms with Gasteiger partial charge in [-0.15, -0.1) is 0 Å². The van der Waals surface area contributed by atoms with Crippen molar-refractivity contribution in [2.24, 2.45) is 5.92 Å². The van der Waals surface area contributed by atoms with Gasteiger partial charge in [0.15, 0.2) is 0 Å². The first-order chi connectivity index (χ1) is 12.6. The van der Waals surface area contributed by atoms with Gasteiger partial charge in [0.25, 0.3) is 0 Å². The molecule has 2 N–H and O–H groups in total. The van der Waals surface area contributed by atoms with Crippen LogP contribution in [0.3, 0.4) is 0 Å². The number of urea groups is 1. The number of likely N-dealkylation sites (tertiary alicyclic amines) is 1. The lowest BCUT2D eigenvalue weighted by atomic mass is 10.0. The number of carbonyl (C=O) groups is 1. The highest BCUT2D eigenvalue weighted by molar-refractivity contribution is 6.30. The van der Waals surface area contributed by atoms with Crippen molar-refractivity contribution in [3.63, 3.8) is 0 Å². The molecule has 0 radical (unpaired) electrons. The summed E-state index contributed by atoms with van der Waals surface area (Å²) in [7, 11) is 0. The molecular formula is C20H31ClN4O. The number of nitrogens with one attached hydrogen (secondary N) is 2. The molecule has 2 unspecified atom stereocenters. The maximum Gasteiger partial charge on any atom is 0.314 e. The summed E-state index contributed by atoms with van der Waals surface area (Å²) in [6.07, 6.45) is 4.99. The van der Waals surface area contributed by atoms with Crippen LogP contribution in [0.15, 0.2) is 24.3 Å². The minimum Gasteiger partial charge on any atom is -0.371 e. The monoisotopic (exact) mass is 378 g/mol. The fourth-order valence-electron chi connectivity index (χ4n) is 3.99. The van der Waals surface area contributed by atoms with Crippen LogP contribution in [0.2, 0.25) is 5.02 Å². The van der Waals surface area contributed by atoms with Crippen molar-refractivity contribution in [1.29, 1.82) is 0 Å². The second-order valence-corrected chi connectivity index (χ2v) is 8.03. The van der Waals surface area contributed by atoms with E-state index in [0.717, 1.165) is 50.7 Å². The van der Waals surface area contributed by atoms with Gasteiger partial charge in [0, 0.05) is 49.5 Å². The Hall–Kier alpha value is -1.46. The fourth-order valence-corrected chi connectivity index (χ4v) is 4.11. The Kier molecular flexibility index (Phi) is 7.03. The lowest BCUT2D eigenvalue weighted by Gasteiger charge is -2.33. The molecule has 0 aromatic heterocycles. The molecule has 2 amide bonds. The van der Waals surface area contributed by atoms with Crippen molar-refractivity contribution in [3.05, 3.63) is 29.3 Å². The van der Waals surface area contributed by atoms with Gasteiger partial charge in [0.2, 0.25) is 0 Å². The van der Waals surface area contributed by atoms with Gasteiger partial charge < -0.3 is 15.5 Å². The zero-order valence-electron chi connectivity index (χ0n) is 15.7. The lowest BCUT2D eigenvalue weighted by molar-refractivity contribution is 0.161. The maximum atomic E-state index is 12.0. The number of nitrogens with zero attached hydrogens (tertiary/aromatic N) is 2. The molecule has 2 heterocycles. The third kappa shape index (κ3) is 5.52. The standard InChI is InChI=1S/C20H31ClN4O/c1-16-4-2-3-11-24(16)13-10-22-20(26)23-14-17-9-12-25(15-17)19-7-5-18(21)6-8-19/h5-8,16-17H,2-4,9-15H2,1H3,(H2,22,23,26). The van der Waals surface area contributed by atoms with Crippen LogP contribution in [-0.4, -0.2) is 56.2 Å². The van der Waals surface area contributed by atoms with Crippen molar-refractivity contribution in [2.45, 2.75) is 38.6 Å². The summed E-state index contributed by atoms with van der Waals surface area (Å²) < 4.78 is 0. The van der Waals surface area contributed by atoms with Crippen LogP contribution in [-0.2, 0) is 0 Å². The quantitative estimate of drug-likeness (QED) is 0.798. The van der Waals surface area contributed by atoms with Crippen LogP contribution in [0.4, 0.5) is 10.5 Å². The largest absolute Gasteiger partial charge is 0.371 e. The predicted molar refractivity (Wildman–Crippen MR) is 108 cm³/mol. The second-order valence-electron chi connectivity index (χ2n) is 7.59. The van der Waals surface area contributed by atoms with Crippen LogP contribution in [0.25, 0.3) is 0 Å². The Labute approximate surface area is 162 Å². The van der Waals surface area contributed by atoms with E-state index in [4.69, 9.17) is 11.6 Å². The van der Waals surface area contributed by atoms with E-state index in [0.29, 0.717) is 12.0 Å². The number of hydrogen-bond donors (Lipinski definition) is 2. The first kappa shape index (κ1) is 19.3. The second kappa shape index (κ2) is 9.47. The summed E-state index contributed by atoms with van der Waals surface area (Å²) >= 11 is 5.95. The van der Waals surface area contributed by atoms with E-state index in [-0.39, 0.29) is 6.03 Å². The molecule has 5 nitrogen and oxygen atoms in total.